The number of hydrogen-bond acceptors (Lipinski definition) is 4. The van der Waals surface area contributed by atoms with Crippen molar-refractivity contribution in [1.82, 2.24) is 4.90 Å². The van der Waals surface area contributed by atoms with Crippen molar-refractivity contribution < 1.29 is 32.7 Å². The monoisotopic (exact) mass is 466 g/mol. The first-order valence-electron chi connectivity index (χ1n) is 12.1. The largest absolute Gasteiger partial charge is 1.00 e. The molecule has 5 nitrogen and oxygen atoms in total. The van der Waals surface area contributed by atoms with E-state index in [4.69, 9.17) is 4.74 Å². The molecule has 4 atom stereocenters. The molecule has 5 aliphatic rings. The number of fused-ring (bicyclic) bond motifs is 3. The fourth-order valence-corrected chi connectivity index (χ4v) is 7.54. The fourth-order valence-electron chi connectivity index (χ4n) is 7.54. The summed E-state index contributed by atoms with van der Waals surface area (Å²) in [6.45, 7) is 6.52. The Morgan fingerprint density at radius 2 is 2.03 bits per heavy atom. The van der Waals surface area contributed by atoms with Crippen molar-refractivity contribution in [3.63, 3.8) is 0 Å². The minimum atomic E-state index is -0.914. The molecule has 1 fully saturated rings. The zero-order chi connectivity index (χ0) is 21.8. The van der Waals surface area contributed by atoms with E-state index in [-0.39, 0.29) is 30.3 Å². The number of quaternary nitrogens is 1. The Morgan fingerprint density at radius 1 is 1.21 bits per heavy atom. The van der Waals surface area contributed by atoms with Gasteiger partial charge < -0.3 is 27.4 Å². The number of nitrogens with zero attached hydrogens (tertiary/aromatic N) is 1. The second-order valence-electron chi connectivity index (χ2n) is 10.9. The summed E-state index contributed by atoms with van der Waals surface area (Å²) in [6.07, 6.45) is 3.20. The number of aliphatic hydroxyl groups is 1. The van der Waals surface area contributed by atoms with E-state index in [1.165, 1.54) is 28.1 Å². The van der Waals surface area contributed by atoms with Gasteiger partial charge in [-0.1, -0.05) is 32.0 Å². The number of likely N-dealkylation sites (tertiary alicyclic amines) is 1. The lowest BCUT2D eigenvalue weighted by atomic mass is 9.49. The van der Waals surface area contributed by atoms with Crippen LogP contribution in [0.4, 0.5) is 5.69 Å². The molecule has 7 rings (SSSR count). The minimum Gasteiger partial charge on any atom is -1.00 e. The van der Waals surface area contributed by atoms with Crippen LogP contribution >= 0.6 is 0 Å². The summed E-state index contributed by atoms with van der Waals surface area (Å²) >= 11 is 0. The molecular formula is C27H31ClN2O3. The van der Waals surface area contributed by atoms with Crippen LogP contribution in [0.1, 0.15) is 49.8 Å². The van der Waals surface area contributed by atoms with Crippen LogP contribution in [-0.4, -0.2) is 45.9 Å². The third kappa shape index (κ3) is 2.49. The van der Waals surface area contributed by atoms with Crippen LogP contribution in [0.5, 0.6) is 11.5 Å². The number of benzene rings is 2. The average Bonchev–Trinajstić information content (AvgIpc) is 3.30. The Kier molecular flexibility index (Phi) is 4.55. The van der Waals surface area contributed by atoms with Crippen LogP contribution < -0.4 is 22.5 Å². The zero-order valence-electron chi connectivity index (χ0n) is 19.1. The number of halogens is 1. The summed E-state index contributed by atoms with van der Waals surface area (Å²) in [5, 5.41) is 25.8. The van der Waals surface area contributed by atoms with E-state index in [1.54, 1.807) is 6.07 Å². The summed E-state index contributed by atoms with van der Waals surface area (Å²) < 4.78 is 6.64. The molecule has 3 aliphatic heterocycles. The van der Waals surface area contributed by atoms with Crippen molar-refractivity contribution in [2.24, 2.45) is 5.92 Å². The number of rotatable bonds is 3. The van der Waals surface area contributed by atoms with Crippen molar-refractivity contribution in [3.8, 4) is 11.5 Å². The molecule has 2 aromatic carbocycles. The van der Waals surface area contributed by atoms with Gasteiger partial charge in [0.2, 0.25) is 0 Å². The van der Waals surface area contributed by atoms with E-state index in [0.717, 1.165) is 37.9 Å². The molecule has 0 saturated carbocycles. The van der Waals surface area contributed by atoms with Gasteiger partial charge in [-0.15, -0.1) is 0 Å². The summed E-state index contributed by atoms with van der Waals surface area (Å²) in [6, 6.07) is 12.4. The summed E-state index contributed by atoms with van der Waals surface area (Å²) in [5.41, 5.74) is 5.79. The predicted molar refractivity (Wildman–Crippen MR) is 122 cm³/mol. The number of ether oxygens (including phenoxy) is 1. The first-order chi connectivity index (χ1) is 15.4. The standard InChI is InChI=1S/C27H30N2O3.ClH/c1-15(2)9-11-29-12-10-26-22-16-7-8-20(30)24(22)32-25(26)23-18(14-27(26,31)21(29)13-16)17-5-3-4-6-19(17)28-23;/h3-8,15,21,25,28,30-31H,9-14H2,1-2H3;1H/t21-,25-,26-,27+;/m0./s1. The van der Waals surface area contributed by atoms with Gasteiger partial charge in [0.25, 0.3) is 0 Å². The first kappa shape index (κ1) is 21.5. The molecule has 3 heterocycles. The number of nitrogens with two attached hydrogens (primary N) is 1. The Bertz CT molecular complexity index is 1190. The van der Waals surface area contributed by atoms with Gasteiger partial charge in [-0.25, -0.2) is 0 Å². The van der Waals surface area contributed by atoms with Gasteiger partial charge in [0.05, 0.1) is 11.0 Å². The van der Waals surface area contributed by atoms with Gasteiger partial charge in [-0.05, 0) is 56.0 Å². The Balaban J connectivity index is 0.00000206. The minimum absolute atomic E-state index is 0. The van der Waals surface area contributed by atoms with E-state index < -0.39 is 11.0 Å². The molecule has 4 N–H and O–H groups in total. The maximum atomic E-state index is 12.8. The van der Waals surface area contributed by atoms with E-state index in [9.17, 15) is 10.2 Å². The summed E-state index contributed by atoms with van der Waals surface area (Å²) in [5.74, 6) is 1.45. The second-order valence-corrected chi connectivity index (χ2v) is 10.9. The highest BCUT2D eigenvalue weighted by Gasteiger charge is 2.74. The molecule has 174 valence electrons. The van der Waals surface area contributed by atoms with Gasteiger partial charge in [-0.2, -0.15) is 0 Å². The number of piperidine rings is 1. The van der Waals surface area contributed by atoms with Crippen molar-refractivity contribution in [3.05, 3.63) is 58.8 Å². The molecule has 1 spiro atoms. The molecule has 2 aliphatic carbocycles. The van der Waals surface area contributed by atoms with Crippen LogP contribution in [0.2, 0.25) is 0 Å². The number of hydrogen-bond donors (Lipinski definition) is 3. The van der Waals surface area contributed by atoms with Crippen LogP contribution in [0, 0.1) is 5.92 Å². The molecule has 0 aromatic heterocycles. The van der Waals surface area contributed by atoms with Gasteiger partial charge in [0, 0.05) is 35.2 Å². The number of phenolic OH excluding ortho intramolecular Hbond substituents is 1. The van der Waals surface area contributed by atoms with Crippen molar-refractivity contribution in [1.29, 1.82) is 0 Å². The van der Waals surface area contributed by atoms with Gasteiger partial charge >= 0.3 is 0 Å². The van der Waals surface area contributed by atoms with Crippen molar-refractivity contribution >= 4 is 11.3 Å². The zero-order valence-corrected chi connectivity index (χ0v) is 19.9. The third-order valence-corrected chi connectivity index (χ3v) is 8.99. The Labute approximate surface area is 200 Å². The molecule has 6 heteroatoms. The van der Waals surface area contributed by atoms with Crippen LogP contribution in [-0.2, 0) is 11.8 Å². The third-order valence-electron chi connectivity index (χ3n) is 8.99. The highest BCUT2D eigenvalue weighted by atomic mass is 35.5. The Morgan fingerprint density at radius 3 is 2.85 bits per heavy atom. The van der Waals surface area contributed by atoms with E-state index in [0.29, 0.717) is 18.1 Å². The highest BCUT2D eigenvalue weighted by Crippen LogP contribution is 2.67. The van der Waals surface area contributed by atoms with Crippen molar-refractivity contribution in [2.75, 3.05) is 13.1 Å². The molecular weight excluding hydrogens is 436 g/mol. The number of para-hydroxylation sites is 1. The summed E-state index contributed by atoms with van der Waals surface area (Å²) in [4.78, 5) is 2.55. The van der Waals surface area contributed by atoms with Crippen LogP contribution in [0.3, 0.4) is 0 Å². The summed E-state index contributed by atoms with van der Waals surface area (Å²) in [7, 11) is 0. The van der Waals surface area contributed by atoms with Crippen molar-refractivity contribution in [2.45, 2.75) is 62.7 Å². The molecule has 0 radical (unpaired) electrons. The van der Waals surface area contributed by atoms with Gasteiger partial charge in [0.15, 0.2) is 23.3 Å². The van der Waals surface area contributed by atoms with Gasteiger partial charge in [-0.3, -0.25) is 10.2 Å². The lowest BCUT2D eigenvalue weighted by Gasteiger charge is -2.62. The Hall–Kier alpha value is -2.05. The molecule has 0 amide bonds. The average molecular weight is 467 g/mol. The lowest BCUT2D eigenvalue weighted by Crippen LogP contribution is -3.00. The maximum Gasteiger partial charge on any atom is 0.186 e. The second kappa shape index (κ2) is 6.98. The smallest absolute Gasteiger partial charge is 0.186 e. The molecule has 2 aromatic rings. The SMILES string of the molecule is CC(C)CCN1CC[C@]23c4c5ccc(O)c4O[C@H]2C2=C(C[C@@]3(O)[C@@H]1C5)c1ccccc1[NH2+]2.[Cl-]. The number of aromatic hydroxyl groups is 1. The molecule has 0 unspecified atom stereocenters. The normalized spacial score (nSPS) is 32.7. The molecule has 2 bridgehead atoms. The van der Waals surface area contributed by atoms with Crippen LogP contribution in [0.25, 0.3) is 5.57 Å². The molecule has 33 heavy (non-hydrogen) atoms. The van der Waals surface area contributed by atoms with E-state index in [2.05, 4.69) is 54.4 Å². The predicted octanol–water partition coefficient (Wildman–Crippen LogP) is -0.174. The highest BCUT2D eigenvalue weighted by molar-refractivity contribution is 5.82. The molecule has 1 saturated heterocycles. The first-order valence-corrected chi connectivity index (χ1v) is 12.1. The number of phenols is 1. The van der Waals surface area contributed by atoms with E-state index >= 15 is 0 Å². The maximum absolute atomic E-state index is 12.8. The van der Waals surface area contributed by atoms with E-state index in [1.807, 2.05) is 0 Å². The van der Waals surface area contributed by atoms with Gasteiger partial charge in [0.1, 0.15) is 5.69 Å². The topological polar surface area (TPSA) is 69.5 Å². The fraction of sp³-hybridized carbons (Fsp3) is 0.481. The quantitative estimate of drug-likeness (QED) is 0.549. The van der Waals surface area contributed by atoms with Crippen LogP contribution in [0.15, 0.2) is 42.1 Å². The lowest BCUT2D eigenvalue weighted by molar-refractivity contribution is -0.524.